The maximum atomic E-state index is 13.7. The van der Waals surface area contributed by atoms with Gasteiger partial charge < -0.3 is 24.8 Å². The minimum atomic E-state index is -4.04. The van der Waals surface area contributed by atoms with E-state index in [-0.39, 0.29) is 36.9 Å². The van der Waals surface area contributed by atoms with Gasteiger partial charge in [-0.3, -0.25) is 0 Å². The van der Waals surface area contributed by atoms with Gasteiger partial charge in [-0.25, -0.2) is 13.2 Å². The van der Waals surface area contributed by atoms with Crippen LogP contribution in [0.15, 0.2) is 94.3 Å². The molecule has 11 nitrogen and oxygen atoms in total. The molecule has 1 heterocycles. The lowest BCUT2D eigenvalue weighted by Crippen LogP contribution is -2.50. The van der Waals surface area contributed by atoms with E-state index in [1.807, 2.05) is 74.5 Å². The SMILES string of the molecule is CC(C)CN(C[C@@H](O)[C@H](Cc1ccccc1)NC(=O)O)S(=O)(=O)c1ccc(-c2noc(COCc3ccccc3)n2)cc1. The summed E-state index contributed by atoms with van der Waals surface area (Å²) < 4.78 is 39.5. The van der Waals surface area contributed by atoms with Crippen molar-refractivity contribution in [2.24, 2.45) is 5.92 Å². The number of ether oxygens (including phenoxy) is 1. The topological polar surface area (TPSA) is 155 Å². The summed E-state index contributed by atoms with van der Waals surface area (Å²) >= 11 is 0. The highest BCUT2D eigenvalue weighted by atomic mass is 32.2. The van der Waals surface area contributed by atoms with Crippen LogP contribution in [0.1, 0.15) is 30.9 Å². The summed E-state index contributed by atoms with van der Waals surface area (Å²) in [6, 6.07) is 23.9. The van der Waals surface area contributed by atoms with Crippen LogP contribution >= 0.6 is 0 Å². The van der Waals surface area contributed by atoms with Crippen LogP contribution in [-0.4, -0.2) is 64.4 Å². The van der Waals surface area contributed by atoms with Crippen molar-refractivity contribution in [2.75, 3.05) is 13.1 Å². The molecule has 4 rings (SSSR count). The zero-order valence-corrected chi connectivity index (χ0v) is 24.9. The maximum absolute atomic E-state index is 13.7. The number of nitrogens with one attached hydrogen (secondary N) is 1. The molecule has 0 aliphatic carbocycles. The molecule has 228 valence electrons. The Morgan fingerprint density at radius 1 is 0.930 bits per heavy atom. The lowest BCUT2D eigenvalue weighted by atomic mass is 10.0. The normalized spacial score (nSPS) is 13.2. The average Bonchev–Trinajstić information content (AvgIpc) is 3.46. The Hall–Kier alpha value is -4.10. The molecule has 0 radical (unpaired) electrons. The first kappa shape index (κ1) is 31.8. The van der Waals surface area contributed by atoms with Gasteiger partial charge in [0.1, 0.15) is 6.61 Å². The number of carbonyl (C=O) groups is 1. The molecule has 0 saturated heterocycles. The Labute approximate surface area is 251 Å². The van der Waals surface area contributed by atoms with Crippen molar-refractivity contribution in [3.05, 3.63) is 102 Å². The van der Waals surface area contributed by atoms with Gasteiger partial charge in [-0.05, 0) is 47.7 Å². The molecule has 0 fully saturated rings. The van der Waals surface area contributed by atoms with E-state index in [0.717, 1.165) is 11.1 Å². The minimum absolute atomic E-state index is 0.0183. The molecule has 1 aromatic heterocycles. The Morgan fingerprint density at radius 3 is 2.16 bits per heavy atom. The second kappa shape index (κ2) is 14.9. The molecule has 0 spiro atoms. The Morgan fingerprint density at radius 2 is 1.56 bits per heavy atom. The molecule has 0 bridgehead atoms. The summed E-state index contributed by atoms with van der Waals surface area (Å²) in [5.74, 6) is 0.531. The summed E-state index contributed by atoms with van der Waals surface area (Å²) in [6.45, 7) is 4.09. The number of sulfonamides is 1. The van der Waals surface area contributed by atoms with Gasteiger partial charge in [0.05, 0.1) is 23.6 Å². The molecule has 1 amide bonds. The van der Waals surface area contributed by atoms with Crippen molar-refractivity contribution in [3.63, 3.8) is 0 Å². The standard InChI is InChI=1S/C31H36N4O7S/c1-22(2)18-35(19-28(36)27(32-31(37)38)17-23-9-5-3-6-10-23)43(39,40)26-15-13-25(14-16-26)30-33-29(42-34-30)21-41-20-24-11-7-4-8-12-24/h3-16,22,27-28,32,36H,17-21H2,1-2H3,(H,37,38)/t27-,28+/m0/s1. The van der Waals surface area contributed by atoms with Crippen molar-refractivity contribution in [2.45, 2.75) is 50.5 Å². The van der Waals surface area contributed by atoms with Gasteiger partial charge >= 0.3 is 6.09 Å². The fourth-order valence-electron chi connectivity index (χ4n) is 4.51. The highest BCUT2D eigenvalue weighted by molar-refractivity contribution is 7.89. The predicted octanol–water partition coefficient (Wildman–Crippen LogP) is 4.34. The second-order valence-electron chi connectivity index (χ2n) is 10.5. The Bertz CT molecular complexity index is 1550. The van der Waals surface area contributed by atoms with Gasteiger partial charge in [-0.1, -0.05) is 79.7 Å². The van der Waals surface area contributed by atoms with Crippen molar-refractivity contribution in [1.29, 1.82) is 0 Å². The number of aliphatic hydroxyl groups excluding tert-OH is 1. The molecule has 0 aliphatic rings. The van der Waals surface area contributed by atoms with Gasteiger partial charge in [0.15, 0.2) is 0 Å². The summed E-state index contributed by atoms with van der Waals surface area (Å²) in [4.78, 5) is 15.8. The molecule has 3 aromatic carbocycles. The number of rotatable bonds is 15. The smallest absolute Gasteiger partial charge is 0.404 e. The summed E-state index contributed by atoms with van der Waals surface area (Å²) in [6.07, 6.45) is -2.41. The minimum Gasteiger partial charge on any atom is -0.465 e. The summed E-state index contributed by atoms with van der Waals surface area (Å²) in [5.41, 5.74) is 2.38. The molecule has 43 heavy (non-hydrogen) atoms. The number of aliphatic hydroxyl groups is 1. The van der Waals surface area contributed by atoms with Gasteiger partial charge in [0.2, 0.25) is 15.8 Å². The summed E-state index contributed by atoms with van der Waals surface area (Å²) in [5, 5.41) is 26.7. The van der Waals surface area contributed by atoms with Crippen LogP contribution in [0.4, 0.5) is 4.79 Å². The van der Waals surface area contributed by atoms with E-state index in [4.69, 9.17) is 9.26 Å². The Kier molecular flexibility index (Phi) is 11.0. The number of hydrogen-bond acceptors (Lipinski definition) is 8. The van der Waals surface area contributed by atoms with Gasteiger partial charge in [-0.15, -0.1) is 0 Å². The van der Waals surface area contributed by atoms with Crippen LogP contribution in [0, 0.1) is 5.92 Å². The van der Waals surface area contributed by atoms with Gasteiger partial charge in [0, 0.05) is 18.7 Å². The molecule has 3 N–H and O–H groups in total. The van der Waals surface area contributed by atoms with Gasteiger partial charge in [0.25, 0.3) is 5.89 Å². The lowest BCUT2D eigenvalue weighted by molar-refractivity contribution is 0.0850. The monoisotopic (exact) mass is 608 g/mol. The first-order valence-electron chi connectivity index (χ1n) is 13.9. The first-order chi connectivity index (χ1) is 20.6. The fraction of sp³-hybridized carbons (Fsp3) is 0.323. The highest BCUT2D eigenvalue weighted by Gasteiger charge is 2.31. The van der Waals surface area contributed by atoms with Gasteiger partial charge in [-0.2, -0.15) is 9.29 Å². The molecule has 2 atom stereocenters. The third-order valence-corrected chi connectivity index (χ3v) is 8.43. The van der Waals surface area contributed by atoms with Crippen molar-refractivity contribution in [3.8, 4) is 11.4 Å². The second-order valence-corrected chi connectivity index (χ2v) is 12.5. The maximum Gasteiger partial charge on any atom is 0.404 e. The number of aromatic nitrogens is 2. The number of hydrogen-bond donors (Lipinski definition) is 3. The third kappa shape index (κ3) is 9.19. The molecular formula is C31H36N4O7S. The predicted molar refractivity (Wildman–Crippen MR) is 159 cm³/mol. The molecule has 0 aliphatic heterocycles. The van der Waals surface area contributed by atoms with E-state index in [0.29, 0.717) is 23.9 Å². The van der Waals surface area contributed by atoms with Crippen molar-refractivity contribution in [1.82, 2.24) is 19.8 Å². The zero-order valence-electron chi connectivity index (χ0n) is 24.0. The molecular weight excluding hydrogens is 572 g/mol. The fourth-order valence-corrected chi connectivity index (χ4v) is 6.13. The van der Waals surface area contributed by atoms with E-state index < -0.39 is 28.3 Å². The summed E-state index contributed by atoms with van der Waals surface area (Å²) in [7, 11) is -4.04. The van der Waals surface area contributed by atoms with Crippen LogP contribution in [0.5, 0.6) is 0 Å². The Balaban J connectivity index is 1.45. The molecule has 0 unspecified atom stereocenters. The van der Waals surface area contributed by atoms with E-state index in [9.17, 15) is 23.4 Å². The van der Waals surface area contributed by atoms with Crippen LogP contribution in [0.3, 0.4) is 0 Å². The van der Waals surface area contributed by atoms with Crippen molar-refractivity contribution >= 4 is 16.1 Å². The van der Waals surface area contributed by atoms with Crippen LogP contribution < -0.4 is 5.32 Å². The number of benzene rings is 3. The molecule has 12 heteroatoms. The lowest BCUT2D eigenvalue weighted by Gasteiger charge is -2.30. The molecule has 0 saturated carbocycles. The zero-order chi connectivity index (χ0) is 30.8. The van der Waals surface area contributed by atoms with E-state index in [2.05, 4.69) is 15.5 Å². The third-order valence-electron chi connectivity index (χ3n) is 6.59. The quantitative estimate of drug-likeness (QED) is 0.179. The molecule has 4 aromatic rings. The van der Waals surface area contributed by atoms with E-state index in [1.165, 1.54) is 16.4 Å². The van der Waals surface area contributed by atoms with Crippen LogP contribution in [0.2, 0.25) is 0 Å². The number of amides is 1. The number of carboxylic acid groups (broad SMARTS) is 1. The first-order valence-corrected chi connectivity index (χ1v) is 15.3. The van der Waals surface area contributed by atoms with E-state index in [1.54, 1.807) is 12.1 Å². The van der Waals surface area contributed by atoms with Crippen LogP contribution in [0.25, 0.3) is 11.4 Å². The average molecular weight is 609 g/mol. The highest BCUT2D eigenvalue weighted by Crippen LogP contribution is 2.23. The largest absolute Gasteiger partial charge is 0.465 e. The van der Waals surface area contributed by atoms with Crippen molar-refractivity contribution < 1.29 is 32.7 Å². The number of nitrogens with zero attached hydrogens (tertiary/aromatic N) is 3. The van der Waals surface area contributed by atoms with Crippen LogP contribution in [-0.2, 0) is 34.4 Å². The van der Waals surface area contributed by atoms with E-state index >= 15 is 0 Å².